The number of nitrogens with two attached hydrogens (primary N) is 1. The van der Waals surface area contributed by atoms with Gasteiger partial charge in [-0.05, 0) is 13.8 Å². The summed E-state index contributed by atoms with van der Waals surface area (Å²) in [5.74, 6) is -1.15. The van der Waals surface area contributed by atoms with Gasteiger partial charge in [-0.25, -0.2) is 9.59 Å². The summed E-state index contributed by atoms with van der Waals surface area (Å²) in [4.78, 5) is 23.4. The summed E-state index contributed by atoms with van der Waals surface area (Å²) in [6.07, 6.45) is 0. The number of ether oxygens (including phenoxy) is 2. The molecule has 3 N–H and O–H groups in total. The highest BCUT2D eigenvalue weighted by Gasteiger charge is 2.26. The van der Waals surface area contributed by atoms with Gasteiger partial charge in [0.2, 0.25) is 0 Å². The minimum Gasteiger partial charge on any atom is -0.465 e. The number of nitrogen functional groups attached to an aromatic ring is 1. The first-order chi connectivity index (χ1) is 8.42. The summed E-state index contributed by atoms with van der Waals surface area (Å²) in [7, 11) is 2.52. The van der Waals surface area contributed by atoms with Crippen molar-refractivity contribution in [2.24, 2.45) is 0 Å². The summed E-state index contributed by atoms with van der Waals surface area (Å²) in [5.41, 5.74) is 6.06. The van der Waals surface area contributed by atoms with Crippen molar-refractivity contribution >= 4 is 34.0 Å². The molecule has 0 fully saturated rings. The number of carbonyl (C=O) groups is 2. The lowest BCUT2D eigenvalue weighted by Crippen LogP contribution is -2.13. The fraction of sp³-hybridized carbons (Fsp3) is 0.455. The number of carbonyl (C=O) groups excluding carboxylic acids is 2. The maximum atomic E-state index is 11.7. The van der Waals surface area contributed by atoms with Gasteiger partial charge in [0.15, 0.2) is 0 Å². The lowest BCUT2D eigenvalue weighted by Gasteiger charge is -2.09. The number of methoxy groups -OCH3 is 2. The predicted molar refractivity (Wildman–Crippen MR) is 70.2 cm³/mol. The Morgan fingerprint density at radius 2 is 1.78 bits per heavy atom. The molecule has 0 aliphatic carbocycles. The molecule has 0 spiro atoms. The van der Waals surface area contributed by atoms with Crippen LogP contribution in [-0.4, -0.2) is 32.2 Å². The maximum Gasteiger partial charge on any atom is 0.350 e. The number of nitrogens with one attached hydrogen (secondary N) is 1. The molecular weight excluding hydrogens is 256 g/mol. The first-order valence-corrected chi connectivity index (χ1v) is 6.09. The van der Waals surface area contributed by atoms with Crippen LogP contribution in [0.4, 0.5) is 10.7 Å². The van der Waals surface area contributed by atoms with E-state index in [-0.39, 0.29) is 22.2 Å². The average Bonchev–Trinajstić information content (AvgIpc) is 2.63. The molecule has 1 aromatic heterocycles. The van der Waals surface area contributed by atoms with Crippen LogP contribution in [0.2, 0.25) is 0 Å². The zero-order chi connectivity index (χ0) is 13.9. The molecule has 0 aromatic carbocycles. The third-order valence-corrected chi connectivity index (χ3v) is 3.24. The molecule has 0 saturated carbocycles. The molecule has 0 bridgehead atoms. The Morgan fingerprint density at radius 3 is 2.22 bits per heavy atom. The highest BCUT2D eigenvalue weighted by Crippen LogP contribution is 2.37. The lowest BCUT2D eigenvalue weighted by atomic mass is 10.2. The number of esters is 2. The minimum atomic E-state index is -0.581. The molecule has 7 heteroatoms. The first-order valence-electron chi connectivity index (χ1n) is 5.27. The normalized spacial score (nSPS) is 10.3. The Kier molecular flexibility index (Phi) is 4.55. The molecule has 0 radical (unpaired) electrons. The molecule has 18 heavy (non-hydrogen) atoms. The van der Waals surface area contributed by atoms with E-state index < -0.39 is 11.9 Å². The first kappa shape index (κ1) is 14.3. The summed E-state index contributed by atoms with van der Waals surface area (Å²) in [6.45, 7) is 3.82. The topological polar surface area (TPSA) is 90.6 Å². The molecule has 0 amide bonds. The van der Waals surface area contributed by atoms with E-state index in [1.165, 1.54) is 14.2 Å². The second kappa shape index (κ2) is 5.72. The van der Waals surface area contributed by atoms with Crippen molar-refractivity contribution in [1.29, 1.82) is 0 Å². The van der Waals surface area contributed by atoms with Crippen LogP contribution in [-0.2, 0) is 9.47 Å². The van der Waals surface area contributed by atoms with Gasteiger partial charge in [-0.15, -0.1) is 11.3 Å². The molecule has 6 nitrogen and oxygen atoms in total. The van der Waals surface area contributed by atoms with Crippen molar-refractivity contribution in [3.05, 3.63) is 10.4 Å². The molecule has 1 aromatic rings. The third kappa shape index (κ3) is 2.73. The molecule has 1 rings (SSSR count). The van der Waals surface area contributed by atoms with Crippen molar-refractivity contribution in [3.8, 4) is 0 Å². The SMILES string of the molecule is COC(=O)c1sc(NC(C)C)c(C(=O)OC)c1N. The zero-order valence-corrected chi connectivity index (χ0v) is 11.5. The highest BCUT2D eigenvalue weighted by atomic mass is 32.1. The number of hydrogen-bond acceptors (Lipinski definition) is 7. The van der Waals surface area contributed by atoms with Gasteiger partial charge < -0.3 is 20.5 Å². The van der Waals surface area contributed by atoms with E-state index in [1.54, 1.807) is 0 Å². The second-order valence-corrected chi connectivity index (χ2v) is 4.85. The Labute approximate surface area is 109 Å². The molecule has 0 unspecified atom stereocenters. The Hall–Kier alpha value is -1.76. The van der Waals surface area contributed by atoms with Crippen LogP contribution in [0, 0.1) is 0 Å². The van der Waals surface area contributed by atoms with E-state index in [9.17, 15) is 9.59 Å². The van der Waals surface area contributed by atoms with Crippen LogP contribution in [0.25, 0.3) is 0 Å². The number of anilines is 2. The van der Waals surface area contributed by atoms with Gasteiger partial charge >= 0.3 is 11.9 Å². The molecule has 1 heterocycles. The van der Waals surface area contributed by atoms with E-state index in [0.717, 1.165) is 11.3 Å². The van der Waals surface area contributed by atoms with Gasteiger partial charge in [-0.1, -0.05) is 0 Å². The van der Waals surface area contributed by atoms with Gasteiger partial charge in [-0.2, -0.15) is 0 Å². The standard InChI is InChI=1S/C11H16N2O4S/c1-5(2)13-9-6(10(14)16-3)7(12)8(18-9)11(15)17-4/h5,13H,12H2,1-4H3. The fourth-order valence-corrected chi connectivity index (χ4v) is 2.53. The Balaban J connectivity index is 3.31. The molecule has 0 aliphatic heterocycles. The average molecular weight is 272 g/mol. The highest BCUT2D eigenvalue weighted by molar-refractivity contribution is 7.19. The van der Waals surface area contributed by atoms with Gasteiger partial charge in [0.1, 0.15) is 15.4 Å². The van der Waals surface area contributed by atoms with Gasteiger partial charge in [0.05, 0.1) is 19.9 Å². The van der Waals surface area contributed by atoms with E-state index in [1.807, 2.05) is 13.8 Å². The van der Waals surface area contributed by atoms with Crippen molar-refractivity contribution in [3.63, 3.8) is 0 Å². The maximum absolute atomic E-state index is 11.7. The predicted octanol–water partition coefficient (Wildman–Crippen LogP) is 1.72. The van der Waals surface area contributed by atoms with Crippen LogP contribution in [0.15, 0.2) is 0 Å². The summed E-state index contributed by atoms with van der Waals surface area (Å²) in [6, 6.07) is 0.0944. The van der Waals surface area contributed by atoms with Crippen LogP contribution in [0.5, 0.6) is 0 Å². The number of rotatable bonds is 4. The summed E-state index contributed by atoms with van der Waals surface area (Å²) >= 11 is 1.08. The summed E-state index contributed by atoms with van der Waals surface area (Å²) in [5, 5.41) is 3.57. The van der Waals surface area contributed by atoms with E-state index in [2.05, 4.69) is 14.8 Å². The Morgan fingerprint density at radius 1 is 1.22 bits per heavy atom. The minimum absolute atomic E-state index is 0.0850. The van der Waals surface area contributed by atoms with E-state index in [4.69, 9.17) is 5.73 Å². The molecule has 0 atom stereocenters. The van der Waals surface area contributed by atoms with Gasteiger partial charge in [0.25, 0.3) is 0 Å². The number of hydrogen-bond donors (Lipinski definition) is 2. The molecule has 100 valence electrons. The largest absolute Gasteiger partial charge is 0.465 e. The van der Waals surface area contributed by atoms with E-state index >= 15 is 0 Å². The zero-order valence-electron chi connectivity index (χ0n) is 10.7. The van der Waals surface area contributed by atoms with Crippen LogP contribution >= 0.6 is 11.3 Å². The van der Waals surface area contributed by atoms with Crippen molar-refractivity contribution in [1.82, 2.24) is 0 Å². The van der Waals surface area contributed by atoms with Crippen molar-refractivity contribution in [2.45, 2.75) is 19.9 Å². The van der Waals surface area contributed by atoms with Crippen LogP contribution in [0.3, 0.4) is 0 Å². The van der Waals surface area contributed by atoms with Gasteiger partial charge in [0, 0.05) is 6.04 Å². The smallest absolute Gasteiger partial charge is 0.350 e. The summed E-state index contributed by atoms with van der Waals surface area (Å²) < 4.78 is 9.28. The molecule has 0 aliphatic rings. The monoisotopic (exact) mass is 272 g/mol. The van der Waals surface area contributed by atoms with E-state index in [0.29, 0.717) is 5.00 Å². The fourth-order valence-electron chi connectivity index (χ4n) is 1.36. The van der Waals surface area contributed by atoms with Crippen molar-refractivity contribution < 1.29 is 19.1 Å². The van der Waals surface area contributed by atoms with Crippen LogP contribution < -0.4 is 11.1 Å². The molecule has 0 saturated heterocycles. The van der Waals surface area contributed by atoms with Crippen LogP contribution in [0.1, 0.15) is 33.9 Å². The number of thiophene rings is 1. The van der Waals surface area contributed by atoms with Crippen molar-refractivity contribution in [2.75, 3.05) is 25.3 Å². The Bertz CT molecular complexity index is 468. The lowest BCUT2D eigenvalue weighted by molar-refractivity contribution is 0.0602. The molecular formula is C11H16N2O4S. The van der Waals surface area contributed by atoms with Gasteiger partial charge in [-0.3, -0.25) is 0 Å². The second-order valence-electron chi connectivity index (χ2n) is 3.83. The quantitative estimate of drug-likeness (QED) is 0.811. The third-order valence-electron chi connectivity index (χ3n) is 2.13.